The topological polar surface area (TPSA) is 42.9 Å². The summed E-state index contributed by atoms with van der Waals surface area (Å²) < 4.78 is 0. The lowest BCUT2D eigenvalue weighted by Gasteiger charge is -2.20. The zero-order valence-electron chi connectivity index (χ0n) is 28.6. The molecule has 232 valence electrons. The Kier molecular flexibility index (Phi) is 16.1. The molecule has 43 heavy (non-hydrogen) atoms. The zero-order valence-corrected chi connectivity index (χ0v) is 28.6. The van der Waals surface area contributed by atoms with Crippen LogP contribution in [0.3, 0.4) is 0 Å². The summed E-state index contributed by atoms with van der Waals surface area (Å²) in [6, 6.07) is 23.2. The van der Waals surface area contributed by atoms with Gasteiger partial charge in [0.15, 0.2) is 0 Å². The summed E-state index contributed by atoms with van der Waals surface area (Å²) in [6.07, 6.45) is 5.93. The molecule has 0 bridgehead atoms. The Balaban J connectivity index is 0.000000740. The van der Waals surface area contributed by atoms with Crippen LogP contribution in [-0.4, -0.2) is 15.8 Å². The molecule has 0 aliphatic heterocycles. The van der Waals surface area contributed by atoms with Crippen LogP contribution in [-0.2, 0) is 17.6 Å². The first-order valence-corrected chi connectivity index (χ1v) is 15.6. The first-order valence-electron chi connectivity index (χ1n) is 15.6. The van der Waals surface area contributed by atoms with Gasteiger partial charge in [-0.25, -0.2) is 9.97 Å². The molecule has 3 aromatic carbocycles. The molecule has 0 aliphatic rings. The molecule has 4 rings (SSSR count). The van der Waals surface area contributed by atoms with Gasteiger partial charge >= 0.3 is 0 Å². The molecule has 0 radical (unpaired) electrons. The number of aryl methyl sites for hydroxylation is 3. The molecule has 0 aliphatic carbocycles. The first kappa shape index (κ1) is 37.2. The molecule has 3 nitrogen and oxygen atoms in total. The van der Waals surface area contributed by atoms with Crippen molar-refractivity contribution in [2.45, 2.75) is 95.4 Å². The van der Waals surface area contributed by atoms with Gasteiger partial charge in [-0.15, -0.1) is 0 Å². The number of hydrogen-bond acceptors (Lipinski definition) is 3. The van der Waals surface area contributed by atoms with Crippen molar-refractivity contribution in [3.63, 3.8) is 0 Å². The quantitative estimate of drug-likeness (QED) is 0.204. The van der Waals surface area contributed by atoms with Crippen LogP contribution in [0.5, 0.6) is 0 Å². The van der Waals surface area contributed by atoms with Crippen molar-refractivity contribution in [2.75, 3.05) is 0 Å². The van der Waals surface area contributed by atoms with Crippen LogP contribution in [0.1, 0.15) is 96.7 Å². The van der Waals surface area contributed by atoms with Crippen molar-refractivity contribution >= 4 is 16.7 Å². The number of carbonyl (C=O) groups excluding carboxylic acids is 1. The van der Waals surface area contributed by atoms with E-state index in [1.807, 2.05) is 33.8 Å². The van der Waals surface area contributed by atoms with Crippen LogP contribution in [0, 0.1) is 26.2 Å². The van der Waals surface area contributed by atoms with E-state index in [1.165, 1.54) is 27.8 Å². The molecule has 0 amide bonds. The highest BCUT2D eigenvalue weighted by molar-refractivity contribution is 5.82. The minimum absolute atomic E-state index is 0. The van der Waals surface area contributed by atoms with Crippen LogP contribution in [0.4, 0.5) is 0 Å². The normalized spacial score (nSPS) is 10.8. The minimum atomic E-state index is 0. The number of rotatable bonds is 7. The lowest BCUT2D eigenvalue weighted by molar-refractivity contribution is -0.116. The summed E-state index contributed by atoms with van der Waals surface area (Å²) in [5.74, 6) is 0.200. The highest BCUT2D eigenvalue weighted by Crippen LogP contribution is 2.27. The van der Waals surface area contributed by atoms with E-state index >= 15 is 0 Å². The van der Waals surface area contributed by atoms with Crippen molar-refractivity contribution < 1.29 is 6.22 Å². The number of Topliss-reactive ketones (excluding diaryl/α,β-unsaturated/α-hetero) is 1. The van der Waals surface area contributed by atoms with E-state index in [2.05, 4.69) is 125 Å². The van der Waals surface area contributed by atoms with Gasteiger partial charge in [-0.1, -0.05) is 127 Å². The summed E-state index contributed by atoms with van der Waals surface area (Å²) in [5, 5.41) is 1.16. The average Bonchev–Trinajstić information content (AvgIpc) is 2.96. The fourth-order valence-corrected chi connectivity index (χ4v) is 4.33. The third-order valence-corrected chi connectivity index (χ3v) is 6.88. The average molecular weight is 581 g/mol. The van der Waals surface area contributed by atoms with E-state index in [0.29, 0.717) is 6.42 Å². The molecule has 0 fully saturated rings. The Hall–Kier alpha value is -3.85. The van der Waals surface area contributed by atoms with Gasteiger partial charge < -0.3 is 0 Å². The van der Waals surface area contributed by atoms with Gasteiger partial charge in [0.2, 0.25) is 0 Å². The third kappa shape index (κ3) is 12.9. The number of allylic oxidation sites excluding steroid dienone is 3. The fraction of sp³-hybridized carbons (Fsp3) is 0.375. The highest BCUT2D eigenvalue weighted by atomic mass is 16.1. The van der Waals surface area contributed by atoms with Crippen molar-refractivity contribution in [1.29, 1.82) is 0 Å². The Bertz CT molecular complexity index is 1480. The van der Waals surface area contributed by atoms with Crippen molar-refractivity contribution in [2.24, 2.45) is 5.41 Å². The molecule has 0 saturated carbocycles. The van der Waals surface area contributed by atoms with Gasteiger partial charge in [-0.2, -0.15) is 0 Å². The van der Waals surface area contributed by atoms with Gasteiger partial charge in [0.1, 0.15) is 12.1 Å². The number of aromatic nitrogens is 2. The molecular weight excluding hydrogens is 524 g/mol. The van der Waals surface area contributed by atoms with Gasteiger partial charge in [-0.3, -0.25) is 4.79 Å². The molecule has 1 aromatic heterocycles. The van der Waals surface area contributed by atoms with E-state index in [0.717, 1.165) is 40.6 Å². The number of ketones is 1. The van der Waals surface area contributed by atoms with Crippen LogP contribution < -0.4 is 0 Å². The summed E-state index contributed by atoms with van der Waals surface area (Å²) in [5.41, 5.74) is 10.7. The zero-order chi connectivity index (χ0) is 32.6. The second kappa shape index (κ2) is 18.6. The van der Waals surface area contributed by atoms with Crippen LogP contribution in [0.2, 0.25) is 0 Å². The van der Waals surface area contributed by atoms with Crippen molar-refractivity contribution in [1.82, 2.24) is 9.97 Å². The van der Waals surface area contributed by atoms with Crippen molar-refractivity contribution in [3.8, 4) is 0 Å². The smallest absolute Gasteiger partial charge is 0.133 e. The number of nitrogens with zero attached hydrogens (tertiary/aromatic N) is 2. The predicted molar refractivity (Wildman–Crippen MR) is 190 cm³/mol. The first-order chi connectivity index (χ1) is 20.4. The number of benzene rings is 3. The van der Waals surface area contributed by atoms with E-state index in [-0.39, 0.29) is 12.6 Å². The Morgan fingerprint density at radius 2 is 1.44 bits per heavy atom. The maximum absolute atomic E-state index is 11.5. The molecule has 0 saturated heterocycles. The summed E-state index contributed by atoms with van der Waals surface area (Å²) >= 11 is 0. The van der Waals surface area contributed by atoms with E-state index in [9.17, 15) is 4.79 Å². The molecule has 0 spiro atoms. The largest absolute Gasteiger partial charge is 0.300 e. The molecular formula is C40H56N2O. The molecule has 3 heteroatoms. The molecule has 0 atom stereocenters. The SMILES string of the molecule is C=C(/C=C(/CC(C)=O)Cc1cccc(C)c1)C(C)(C)C.CC.CC.Cc1cc2ncnc(Cc3ccccc3)c2cc1C.[HH]. The fourth-order valence-electron chi connectivity index (χ4n) is 4.33. The van der Waals surface area contributed by atoms with Gasteiger partial charge in [0, 0.05) is 19.7 Å². The monoisotopic (exact) mass is 580 g/mol. The lowest BCUT2D eigenvalue weighted by Crippen LogP contribution is -2.08. The van der Waals surface area contributed by atoms with E-state index < -0.39 is 0 Å². The number of hydrogen-bond donors (Lipinski definition) is 0. The van der Waals surface area contributed by atoms with E-state index in [1.54, 1.807) is 13.3 Å². The standard InChI is InChI=1S/C19H26O.C17H16N2.2C2H6.H2/c1-14-8-7-9-17(10-14)13-18(12-16(3)20)11-15(2)19(4,5)6;1-12-8-15-16(9-13(12)2)18-11-19-17(15)10-14-6-4-3-5-7-14;2*1-2;/h7-11H,2,12-13H2,1,3-6H3;3-9,11H,10H2,1-2H3;2*1-2H3;1H/b18-11-;;;;. The van der Waals surface area contributed by atoms with Gasteiger partial charge in [-0.05, 0) is 79.5 Å². The van der Waals surface area contributed by atoms with Crippen LogP contribution >= 0.6 is 0 Å². The lowest BCUT2D eigenvalue weighted by atomic mass is 9.85. The predicted octanol–water partition coefficient (Wildman–Crippen LogP) is 11.2. The van der Waals surface area contributed by atoms with Crippen LogP contribution in [0.15, 0.2) is 96.9 Å². The molecule has 0 N–H and O–H groups in total. The third-order valence-electron chi connectivity index (χ3n) is 6.88. The maximum Gasteiger partial charge on any atom is 0.133 e. The Labute approximate surface area is 263 Å². The second-order valence-electron chi connectivity index (χ2n) is 11.6. The Morgan fingerprint density at radius 1 is 0.837 bits per heavy atom. The number of carbonyl (C=O) groups is 1. The minimum Gasteiger partial charge on any atom is -0.300 e. The van der Waals surface area contributed by atoms with Crippen LogP contribution in [0.25, 0.3) is 10.9 Å². The number of fused-ring (bicyclic) bond motifs is 1. The molecule has 0 unspecified atom stereocenters. The molecule has 1 heterocycles. The van der Waals surface area contributed by atoms with Gasteiger partial charge in [0.25, 0.3) is 0 Å². The van der Waals surface area contributed by atoms with Crippen molar-refractivity contribution in [3.05, 3.63) is 130 Å². The highest BCUT2D eigenvalue weighted by Gasteiger charge is 2.14. The summed E-state index contributed by atoms with van der Waals surface area (Å²) in [4.78, 5) is 20.3. The maximum atomic E-state index is 11.5. The van der Waals surface area contributed by atoms with Gasteiger partial charge in [0.05, 0.1) is 11.2 Å². The van der Waals surface area contributed by atoms with E-state index in [4.69, 9.17) is 0 Å². The summed E-state index contributed by atoms with van der Waals surface area (Å²) in [6.45, 7) is 26.6. The Morgan fingerprint density at radius 3 is 2.02 bits per heavy atom. The summed E-state index contributed by atoms with van der Waals surface area (Å²) in [7, 11) is 0. The second-order valence-corrected chi connectivity index (χ2v) is 11.6. The molecule has 4 aromatic rings.